The Morgan fingerprint density at radius 2 is 2.00 bits per heavy atom. The Kier molecular flexibility index (Phi) is 5.91. The maximum Gasteiger partial charge on any atom is 0.124 e. The SMILES string of the molecule is COc1cccc(-c2csc(-c3cccc(NCC(O)CCl)c3)n2)c1. The van der Waals surface area contributed by atoms with Crippen molar-refractivity contribution in [1.82, 2.24) is 4.98 Å². The lowest BCUT2D eigenvalue weighted by Crippen LogP contribution is -2.20. The lowest BCUT2D eigenvalue weighted by Gasteiger charge is -2.10. The smallest absolute Gasteiger partial charge is 0.124 e. The summed E-state index contributed by atoms with van der Waals surface area (Å²) in [7, 11) is 1.66. The number of nitrogens with one attached hydrogen (secondary N) is 1. The molecule has 0 aliphatic carbocycles. The summed E-state index contributed by atoms with van der Waals surface area (Å²) in [4.78, 5) is 4.74. The molecule has 0 bridgehead atoms. The van der Waals surface area contributed by atoms with E-state index in [2.05, 4.69) is 5.32 Å². The number of hydrogen-bond acceptors (Lipinski definition) is 5. The lowest BCUT2D eigenvalue weighted by molar-refractivity contribution is 0.211. The van der Waals surface area contributed by atoms with Crippen molar-refractivity contribution in [3.8, 4) is 27.6 Å². The van der Waals surface area contributed by atoms with Crippen molar-refractivity contribution in [2.24, 2.45) is 0 Å². The minimum absolute atomic E-state index is 0.211. The number of halogens is 1. The highest BCUT2D eigenvalue weighted by Gasteiger charge is 2.09. The van der Waals surface area contributed by atoms with E-state index in [1.54, 1.807) is 18.4 Å². The van der Waals surface area contributed by atoms with Crippen LogP contribution in [0, 0.1) is 0 Å². The zero-order valence-corrected chi connectivity index (χ0v) is 15.3. The van der Waals surface area contributed by atoms with Gasteiger partial charge in [-0.15, -0.1) is 22.9 Å². The van der Waals surface area contributed by atoms with Crippen molar-refractivity contribution >= 4 is 28.6 Å². The normalized spacial score (nSPS) is 12.0. The first-order valence-electron chi connectivity index (χ1n) is 7.88. The first-order valence-corrected chi connectivity index (χ1v) is 9.29. The van der Waals surface area contributed by atoms with Crippen molar-refractivity contribution in [2.45, 2.75) is 6.10 Å². The van der Waals surface area contributed by atoms with E-state index in [0.717, 1.165) is 33.3 Å². The molecule has 1 aromatic heterocycles. The summed E-state index contributed by atoms with van der Waals surface area (Å²) in [6, 6.07) is 15.9. The zero-order chi connectivity index (χ0) is 17.6. The number of thiazole rings is 1. The fourth-order valence-electron chi connectivity index (χ4n) is 2.37. The molecule has 0 fully saturated rings. The van der Waals surface area contributed by atoms with Gasteiger partial charge in [-0.3, -0.25) is 0 Å². The quantitative estimate of drug-likeness (QED) is 0.598. The van der Waals surface area contributed by atoms with E-state index >= 15 is 0 Å². The van der Waals surface area contributed by atoms with Crippen LogP contribution >= 0.6 is 22.9 Å². The van der Waals surface area contributed by atoms with Crippen LogP contribution in [-0.2, 0) is 0 Å². The fraction of sp³-hybridized carbons (Fsp3) is 0.211. The van der Waals surface area contributed by atoms with Crippen LogP contribution in [0.15, 0.2) is 53.9 Å². The summed E-state index contributed by atoms with van der Waals surface area (Å²) in [5.41, 5.74) is 3.92. The van der Waals surface area contributed by atoms with E-state index in [9.17, 15) is 5.11 Å². The Balaban J connectivity index is 1.80. The lowest BCUT2D eigenvalue weighted by atomic mass is 10.1. The molecule has 1 heterocycles. The molecule has 3 rings (SSSR count). The average molecular weight is 375 g/mol. The third-order valence-corrected chi connectivity index (χ3v) is 4.95. The van der Waals surface area contributed by atoms with Gasteiger partial charge in [-0.1, -0.05) is 24.3 Å². The fourth-order valence-corrected chi connectivity index (χ4v) is 3.31. The number of aromatic nitrogens is 1. The van der Waals surface area contributed by atoms with Gasteiger partial charge in [0, 0.05) is 28.7 Å². The van der Waals surface area contributed by atoms with Crippen LogP contribution in [0.2, 0.25) is 0 Å². The molecule has 0 aliphatic rings. The number of rotatable bonds is 7. The number of nitrogens with zero attached hydrogens (tertiary/aromatic N) is 1. The number of hydrogen-bond donors (Lipinski definition) is 2. The van der Waals surface area contributed by atoms with Gasteiger partial charge in [0.25, 0.3) is 0 Å². The summed E-state index contributed by atoms with van der Waals surface area (Å²) in [5.74, 6) is 1.03. The van der Waals surface area contributed by atoms with E-state index in [1.807, 2.05) is 53.9 Å². The topological polar surface area (TPSA) is 54.4 Å². The molecule has 0 amide bonds. The van der Waals surface area contributed by atoms with Gasteiger partial charge in [-0.25, -0.2) is 4.98 Å². The molecular formula is C19H19ClN2O2S. The first kappa shape index (κ1) is 17.7. The van der Waals surface area contributed by atoms with Crippen molar-refractivity contribution in [3.05, 3.63) is 53.9 Å². The predicted octanol–water partition coefficient (Wildman–Crippen LogP) is 4.50. The summed E-state index contributed by atoms with van der Waals surface area (Å²) in [6.45, 7) is 0.417. The largest absolute Gasteiger partial charge is 0.497 e. The number of ether oxygens (including phenoxy) is 1. The van der Waals surface area contributed by atoms with Crippen molar-refractivity contribution in [3.63, 3.8) is 0 Å². The van der Waals surface area contributed by atoms with Crippen LogP contribution in [0.4, 0.5) is 5.69 Å². The van der Waals surface area contributed by atoms with Gasteiger partial charge in [0.1, 0.15) is 10.8 Å². The summed E-state index contributed by atoms with van der Waals surface area (Å²) in [6.07, 6.45) is -0.565. The van der Waals surface area contributed by atoms with Crippen LogP contribution in [0.1, 0.15) is 0 Å². The number of anilines is 1. The Bertz CT molecular complexity index is 838. The molecule has 0 saturated heterocycles. The molecule has 130 valence electrons. The molecule has 25 heavy (non-hydrogen) atoms. The number of aliphatic hydroxyl groups is 1. The van der Waals surface area contributed by atoms with Gasteiger partial charge < -0.3 is 15.2 Å². The Morgan fingerprint density at radius 1 is 1.20 bits per heavy atom. The molecule has 0 spiro atoms. The highest BCUT2D eigenvalue weighted by molar-refractivity contribution is 7.13. The number of benzene rings is 2. The van der Waals surface area contributed by atoms with Crippen molar-refractivity contribution < 1.29 is 9.84 Å². The maximum atomic E-state index is 9.56. The molecule has 0 saturated carbocycles. The van der Waals surface area contributed by atoms with E-state index < -0.39 is 6.10 Å². The van der Waals surface area contributed by atoms with Crippen LogP contribution < -0.4 is 10.1 Å². The van der Waals surface area contributed by atoms with E-state index in [0.29, 0.717) is 6.54 Å². The van der Waals surface area contributed by atoms with Crippen molar-refractivity contribution in [2.75, 3.05) is 24.9 Å². The second-order valence-corrected chi connectivity index (χ2v) is 6.71. The van der Waals surface area contributed by atoms with E-state index in [4.69, 9.17) is 21.3 Å². The second kappa shape index (κ2) is 8.34. The van der Waals surface area contributed by atoms with Gasteiger partial charge >= 0.3 is 0 Å². The molecule has 2 N–H and O–H groups in total. The molecule has 3 aromatic rings. The molecular weight excluding hydrogens is 356 g/mol. The van der Waals surface area contributed by atoms with Crippen LogP contribution in [0.5, 0.6) is 5.75 Å². The van der Waals surface area contributed by atoms with Gasteiger partial charge in [-0.05, 0) is 24.3 Å². The molecule has 2 aromatic carbocycles. The van der Waals surface area contributed by atoms with Gasteiger partial charge in [-0.2, -0.15) is 0 Å². The maximum absolute atomic E-state index is 9.56. The highest BCUT2D eigenvalue weighted by atomic mass is 35.5. The Labute approximate surface area is 156 Å². The standard InChI is InChI=1S/C19H19ClN2O2S/c1-24-17-7-3-4-13(9-17)18-12-25-19(22-18)14-5-2-6-15(8-14)21-11-16(23)10-20/h2-9,12,16,21,23H,10-11H2,1H3. The average Bonchev–Trinajstić information content (AvgIpc) is 3.16. The Morgan fingerprint density at radius 3 is 2.80 bits per heavy atom. The second-order valence-electron chi connectivity index (χ2n) is 5.54. The minimum atomic E-state index is -0.565. The summed E-state index contributed by atoms with van der Waals surface area (Å²) >= 11 is 7.22. The van der Waals surface area contributed by atoms with Gasteiger partial charge in [0.2, 0.25) is 0 Å². The van der Waals surface area contributed by atoms with Crippen molar-refractivity contribution in [1.29, 1.82) is 0 Å². The molecule has 4 nitrogen and oxygen atoms in total. The van der Waals surface area contributed by atoms with E-state index in [-0.39, 0.29) is 5.88 Å². The zero-order valence-electron chi connectivity index (χ0n) is 13.8. The Hall–Kier alpha value is -2.08. The third-order valence-electron chi connectivity index (χ3n) is 3.70. The van der Waals surface area contributed by atoms with Gasteiger partial charge in [0.15, 0.2) is 0 Å². The minimum Gasteiger partial charge on any atom is -0.497 e. The van der Waals surface area contributed by atoms with Crippen LogP contribution in [-0.4, -0.2) is 35.7 Å². The predicted molar refractivity (Wildman–Crippen MR) is 105 cm³/mol. The monoisotopic (exact) mass is 374 g/mol. The molecule has 6 heteroatoms. The molecule has 1 unspecified atom stereocenters. The van der Waals surface area contributed by atoms with Gasteiger partial charge in [0.05, 0.1) is 24.8 Å². The highest BCUT2D eigenvalue weighted by Crippen LogP contribution is 2.31. The number of methoxy groups -OCH3 is 1. The molecule has 0 aliphatic heterocycles. The first-order chi connectivity index (χ1) is 12.2. The molecule has 1 atom stereocenters. The third kappa shape index (κ3) is 4.51. The molecule has 0 radical (unpaired) electrons. The number of alkyl halides is 1. The van der Waals surface area contributed by atoms with Crippen LogP contribution in [0.25, 0.3) is 21.8 Å². The van der Waals surface area contributed by atoms with E-state index in [1.165, 1.54) is 0 Å². The summed E-state index contributed by atoms with van der Waals surface area (Å²) < 4.78 is 5.28. The summed E-state index contributed by atoms with van der Waals surface area (Å²) in [5, 5.41) is 15.7. The van der Waals surface area contributed by atoms with Crippen LogP contribution in [0.3, 0.4) is 0 Å². The number of aliphatic hydroxyl groups excluding tert-OH is 1.